The zero-order chi connectivity index (χ0) is 26.3. The van der Waals surface area contributed by atoms with Crippen molar-refractivity contribution in [2.24, 2.45) is 39.9 Å². The number of carbonyl (C=O) groups is 3. The molecule has 7 atom stereocenters. The van der Waals surface area contributed by atoms with Gasteiger partial charge in [0, 0.05) is 24.7 Å². The number of hydrogen-bond donors (Lipinski definition) is 2. The third kappa shape index (κ3) is 4.68. The Morgan fingerprint density at radius 2 is 1.83 bits per heavy atom. The summed E-state index contributed by atoms with van der Waals surface area (Å²) in [4.78, 5) is 35.6. The highest BCUT2D eigenvalue weighted by Gasteiger charge is 2.63. The summed E-state index contributed by atoms with van der Waals surface area (Å²) in [5.74, 6) is -1.69. The number of hydrogen-bond acceptors (Lipinski definition) is 3. The summed E-state index contributed by atoms with van der Waals surface area (Å²) < 4.78 is 0. The molecule has 5 heteroatoms. The molecule has 0 aromatic heterocycles. The van der Waals surface area contributed by atoms with Crippen LogP contribution in [0, 0.1) is 39.9 Å². The Balaban J connectivity index is 1.92. The topological polar surface area (TPSA) is 91.7 Å². The van der Waals surface area contributed by atoms with E-state index in [-0.39, 0.29) is 52.6 Å². The van der Waals surface area contributed by atoms with E-state index in [9.17, 15) is 24.6 Å². The average molecular weight is 485 g/mol. The number of ketones is 1. The van der Waals surface area contributed by atoms with Crippen molar-refractivity contribution in [2.75, 3.05) is 0 Å². The van der Waals surface area contributed by atoms with Gasteiger partial charge in [-0.3, -0.25) is 14.4 Å². The number of aliphatic carboxylic acids is 2. The van der Waals surface area contributed by atoms with E-state index < -0.39 is 17.9 Å². The molecule has 0 bridgehead atoms. The van der Waals surface area contributed by atoms with Gasteiger partial charge in [0.05, 0.1) is 5.92 Å². The van der Waals surface area contributed by atoms with Gasteiger partial charge >= 0.3 is 11.9 Å². The Bertz CT molecular complexity index is 960. The number of carboxylic acid groups (broad SMARTS) is 2. The van der Waals surface area contributed by atoms with E-state index in [1.807, 2.05) is 0 Å². The monoisotopic (exact) mass is 484 g/mol. The first-order chi connectivity index (χ1) is 16.2. The highest BCUT2D eigenvalue weighted by molar-refractivity contribution is 5.83. The predicted molar refractivity (Wildman–Crippen MR) is 138 cm³/mol. The fourth-order valence-corrected chi connectivity index (χ4v) is 7.96. The van der Waals surface area contributed by atoms with Gasteiger partial charge in [0.15, 0.2) is 0 Å². The second kappa shape index (κ2) is 9.71. The summed E-state index contributed by atoms with van der Waals surface area (Å²) in [5, 5.41) is 18.7. The Hall–Kier alpha value is -2.17. The molecule has 0 heterocycles. The van der Waals surface area contributed by atoms with Crippen LogP contribution in [0.1, 0.15) is 92.4 Å². The third-order valence-electron chi connectivity index (χ3n) is 10.5. The van der Waals surface area contributed by atoms with Gasteiger partial charge in [0.2, 0.25) is 0 Å². The molecule has 0 radical (unpaired) electrons. The van der Waals surface area contributed by atoms with Crippen molar-refractivity contribution in [3.05, 3.63) is 36.0 Å². The van der Waals surface area contributed by atoms with Crippen LogP contribution >= 0.6 is 0 Å². The third-order valence-corrected chi connectivity index (χ3v) is 10.5. The minimum absolute atomic E-state index is 0.0181. The van der Waals surface area contributed by atoms with E-state index in [1.54, 1.807) is 6.92 Å². The summed E-state index contributed by atoms with van der Waals surface area (Å²) >= 11 is 0. The lowest BCUT2D eigenvalue weighted by atomic mass is 9.55. The molecule has 3 aliphatic rings. The van der Waals surface area contributed by atoms with E-state index in [4.69, 9.17) is 0 Å². The largest absolute Gasteiger partial charge is 0.481 e. The normalized spacial score (nSPS) is 35.9. The lowest BCUT2D eigenvalue weighted by Crippen LogP contribution is -2.42. The standard InChI is InChI=1S/C30H44O5/c1-18(2)24-9-8-22-16-30(17-25(22)28(24,6)12-11-26(32)33)20(4)10-13-29(30,7)21(5)15-23(31)14-19(3)27(34)35/h8,19,21,24-25H,1,4,9-17H2,2-3,5-7H3,(H,32,33)(H,34,35)/t19-,21-,24+,25-,28+,29+,30+/m1/s1. The Kier molecular flexibility index (Phi) is 7.60. The van der Waals surface area contributed by atoms with Crippen LogP contribution in [0.15, 0.2) is 36.0 Å². The maximum absolute atomic E-state index is 12.8. The average Bonchev–Trinajstić information content (AvgIpc) is 3.28. The van der Waals surface area contributed by atoms with E-state index in [0.717, 1.165) is 37.7 Å². The maximum Gasteiger partial charge on any atom is 0.306 e. The zero-order valence-electron chi connectivity index (χ0n) is 22.3. The van der Waals surface area contributed by atoms with Crippen LogP contribution in [0.25, 0.3) is 0 Å². The first kappa shape index (κ1) is 27.4. The molecule has 1 spiro atoms. The molecule has 2 N–H and O–H groups in total. The molecule has 0 unspecified atom stereocenters. The molecular formula is C30H44O5. The zero-order valence-corrected chi connectivity index (χ0v) is 22.3. The molecule has 0 aromatic carbocycles. The van der Waals surface area contributed by atoms with Gasteiger partial charge in [0.1, 0.15) is 5.78 Å². The summed E-state index contributed by atoms with van der Waals surface area (Å²) in [5.41, 5.74) is 3.42. The number of carboxylic acids is 2. The lowest BCUT2D eigenvalue weighted by Gasteiger charge is -2.49. The Labute approximate surface area is 210 Å². The molecule has 0 saturated heterocycles. The quantitative estimate of drug-likeness (QED) is 0.331. The van der Waals surface area contributed by atoms with Gasteiger partial charge in [-0.15, -0.1) is 0 Å². The van der Waals surface area contributed by atoms with Gasteiger partial charge in [0.25, 0.3) is 0 Å². The molecule has 0 aromatic rings. The molecule has 2 saturated carbocycles. The number of allylic oxidation sites excluding steroid dienone is 4. The summed E-state index contributed by atoms with van der Waals surface area (Å²) in [6.07, 6.45) is 8.32. The number of carbonyl (C=O) groups excluding carboxylic acids is 1. The molecule has 5 nitrogen and oxygen atoms in total. The van der Waals surface area contributed by atoms with Crippen LogP contribution in [-0.4, -0.2) is 27.9 Å². The van der Waals surface area contributed by atoms with Crippen molar-refractivity contribution in [3.63, 3.8) is 0 Å². The first-order valence-corrected chi connectivity index (χ1v) is 13.2. The minimum atomic E-state index is -0.928. The Morgan fingerprint density at radius 3 is 2.40 bits per heavy atom. The van der Waals surface area contributed by atoms with Crippen LogP contribution in [0.5, 0.6) is 0 Å². The molecular weight excluding hydrogens is 440 g/mol. The van der Waals surface area contributed by atoms with Crippen LogP contribution in [0.2, 0.25) is 0 Å². The molecule has 0 amide bonds. The van der Waals surface area contributed by atoms with Gasteiger partial charge in [-0.05, 0) is 74.0 Å². The van der Waals surface area contributed by atoms with Gasteiger partial charge in [-0.25, -0.2) is 0 Å². The molecule has 0 aliphatic heterocycles. The highest BCUT2D eigenvalue weighted by Crippen LogP contribution is 2.72. The molecule has 194 valence electrons. The van der Waals surface area contributed by atoms with Crippen molar-refractivity contribution in [3.8, 4) is 0 Å². The maximum atomic E-state index is 12.8. The van der Waals surface area contributed by atoms with Crippen molar-refractivity contribution < 1.29 is 24.6 Å². The number of fused-ring (bicyclic) bond motifs is 1. The van der Waals surface area contributed by atoms with Crippen molar-refractivity contribution in [1.29, 1.82) is 0 Å². The van der Waals surface area contributed by atoms with Crippen molar-refractivity contribution >= 4 is 17.7 Å². The fourth-order valence-electron chi connectivity index (χ4n) is 7.96. The van der Waals surface area contributed by atoms with Crippen LogP contribution in [-0.2, 0) is 14.4 Å². The molecule has 2 fully saturated rings. The summed E-state index contributed by atoms with van der Waals surface area (Å²) in [6.45, 7) is 19.2. The SMILES string of the molecule is C=C(C)[C@@H]1CC=C2C[C@]3(C[C@H]2[C@@]1(C)CCC(=O)O)C(=C)CC[C@@]3(C)[C@H](C)CC(=O)C[C@@H](C)C(=O)O. The summed E-state index contributed by atoms with van der Waals surface area (Å²) in [6, 6.07) is 0. The minimum Gasteiger partial charge on any atom is -0.481 e. The smallest absolute Gasteiger partial charge is 0.306 e. The van der Waals surface area contributed by atoms with Crippen LogP contribution in [0.3, 0.4) is 0 Å². The molecule has 3 rings (SSSR count). The van der Waals surface area contributed by atoms with Crippen LogP contribution in [0.4, 0.5) is 0 Å². The summed E-state index contributed by atoms with van der Waals surface area (Å²) in [7, 11) is 0. The van der Waals surface area contributed by atoms with E-state index >= 15 is 0 Å². The predicted octanol–water partition coefficient (Wildman–Crippen LogP) is 6.84. The number of Topliss-reactive ketones (excluding diaryl/α,β-unsaturated/α-hetero) is 1. The molecule has 3 aliphatic carbocycles. The second-order valence-corrected chi connectivity index (χ2v) is 12.4. The van der Waals surface area contributed by atoms with Crippen LogP contribution < -0.4 is 0 Å². The highest BCUT2D eigenvalue weighted by atomic mass is 16.4. The van der Waals surface area contributed by atoms with Gasteiger partial charge < -0.3 is 10.2 Å². The van der Waals surface area contributed by atoms with Gasteiger partial charge in [-0.2, -0.15) is 0 Å². The van der Waals surface area contributed by atoms with E-state index in [2.05, 4.69) is 46.9 Å². The molecule has 35 heavy (non-hydrogen) atoms. The van der Waals surface area contributed by atoms with Gasteiger partial charge in [-0.1, -0.05) is 63.6 Å². The number of rotatable bonds is 10. The first-order valence-electron chi connectivity index (χ1n) is 13.2. The van der Waals surface area contributed by atoms with Crippen molar-refractivity contribution in [2.45, 2.75) is 92.4 Å². The Morgan fingerprint density at radius 1 is 1.17 bits per heavy atom. The van der Waals surface area contributed by atoms with E-state index in [1.165, 1.54) is 11.1 Å². The lowest BCUT2D eigenvalue weighted by molar-refractivity contribution is -0.143. The van der Waals surface area contributed by atoms with Crippen molar-refractivity contribution in [1.82, 2.24) is 0 Å². The van der Waals surface area contributed by atoms with E-state index in [0.29, 0.717) is 12.8 Å². The fraction of sp³-hybridized carbons (Fsp3) is 0.700. The second-order valence-electron chi connectivity index (χ2n) is 12.4.